The van der Waals surface area contributed by atoms with Crippen molar-refractivity contribution in [2.75, 3.05) is 10.6 Å². The number of rotatable bonds is 5. The summed E-state index contributed by atoms with van der Waals surface area (Å²) in [5.74, 6) is 0.128. The molecule has 1 aromatic carbocycles. The number of carbonyl (C=O) groups is 2. The predicted octanol–water partition coefficient (Wildman–Crippen LogP) is 4.87. The van der Waals surface area contributed by atoms with Gasteiger partial charge in [0.05, 0.1) is 28.6 Å². The van der Waals surface area contributed by atoms with E-state index < -0.39 is 0 Å². The Morgan fingerprint density at radius 3 is 2.56 bits per heavy atom. The SMILES string of the molecule is CC(=O)Nc1ccc(-c2csc(NC(=O)c3cc(-c4ccco4)nc4c3c(C)nn4C)n2)cc1. The number of nitrogens with zero attached hydrogens (tertiary/aromatic N) is 4. The van der Waals surface area contributed by atoms with Crippen LogP contribution in [0.2, 0.25) is 0 Å². The second kappa shape index (κ2) is 8.56. The fourth-order valence-electron chi connectivity index (χ4n) is 3.73. The zero-order valence-electron chi connectivity index (χ0n) is 18.6. The van der Waals surface area contributed by atoms with E-state index >= 15 is 0 Å². The van der Waals surface area contributed by atoms with E-state index in [2.05, 4.69) is 25.7 Å². The number of carbonyl (C=O) groups excluding carboxylic acids is 2. The molecule has 0 bridgehead atoms. The number of anilines is 2. The lowest BCUT2D eigenvalue weighted by molar-refractivity contribution is -0.114. The highest BCUT2D eigenvalue weighted by Crippen LogP contribution is 2.30. The Hall–Kier alpha value is -4.31. The molecule has 170 valence electrons. The number of pyridine rings is 1. The molecule has 4 aromatic heterocycles. The van der Waals surface area contributed by atoms with Gasteiger partial charge >= 0.3 is 0 Å². The smallest absolute Gasteiger partial charge is 0.258 e. The van der Waals surface area contributed by atoms with Crippen LogP contribution in [-0.2, 0) is 11.8 Å². The molecule has 0 unspecified atom stereocenters. The van der Waals surface area contributed by atoms with Crippen LogP contribution in [0.25, 0.3) is 33.7 Å². The van der Waals surface area contributed by atoms with Crippen molar-refractivity contribution < 1.29 is 14.0 Å². The molecule has 2 amide bonds. The molecular formula is C24H20N6O3S. The number of hydrogen-bond donors (Lipinski definition) is 2. The second-order valence-corrected chi connectivity index (χ2v) is 8.55. The van der Waals surface area contributed by atoms with Crippen LogP contribution in [0.5, 0.6) is 0 Å². The molecule has 0 saturated heterocycles. The standard InChI is InChI=1S/C24H20N6O3S/c1-13-21-17(11-18(20-5-4-10-33-20)26-22(21)30(3)29-13)23(32)28-24-27-19(12-34-24)15-6-8-16(9-7-15)25-14(2)31/h4-12H,1-3H3,(H,25,31)(H,27,28,32). The first-order valence-corrected chi connectivity index (χ1v) is 11.3. The van der Waals surface area contributed by atoms with E-state index in [1.807, 2.05) is 36.6 Å². The number of amides is 2. The molecule has 0 spiro atoms. The topological polar surface area (TPSA) is 115 Å². The monoisotopic (exact) mass is 472 g/mol. The zero-order valence-corrected chi connectivity index (χ0v) is 19.4. The molecule has 9 nitrogen and oxygen atoms in total. The first-order valence-electron chi connectivity index (χ1n) is 10.4. The maximum Gasteiger partial charge on any atom is 0.258 e. The molecular weight excluding hydrogens is 452 g/mol. The van der Waals surface area contributed by atoms with E-state index in [0.717, 1.165) is 11.3 Å². The first kappa shape index (κ1) is 21.5. The van der Waals surface area contributed by atoms with E-state index in [4.69, 9.17) is 4.42 Å². The number of nitrogens with one attached hydrogen (secondary N) is 2. The molecule has 0 radical (unpaired) electrons. The molecule has 2 N–H and O–H groups in total. The van der Waals surface area contributed by atoms with Crippen molar-refractivity contribution >= 4 is 45.0 Å². The largest absolute Gasteiger partial charge is 0.463 e. The van der Waals surface area contributed by atoms with E-state index in [0.29, 0.717) is 44.6 Å². The highest BCUT2D eigenvalue weighted by atomic mass is 32.1. The summed E-state index contributed by atoms with van der Waals surface area (Å²) in [5.41, 5.74) is 4.60. The van der Waals surface area contributed by atoms with E-state index in [1.54, 1.807) is 36.2 Å². The van der Waals surface area contributed by atoms with Gasteiger partial charge in [-0.3, -0.25) is 19.6 Å². The second-order valence-electron chi connectivity index (χ2n) is 7.69. The highest BCUT2D eigenvalue weighted by molar-refractivity contribution is 7.14. The summed E-state index contributed by atoms with van der Waals surface area (Å²) >= 11 is 1.33. The van der Waals surface area contributed by atoms with Crippen LogP contribution in [0.1, 0.15) is 23.0 Å². The van der Waals surface area contributed by atoms with Crippen LogP contribution in [0.15, 0.2) is 58.5 Å². The van der Waals surface area contributed by atoms with Crippen LogP contribution in [-0.4, -0.2) is 31.6 Å². The van der Waals surface area contributed by atoms with Crippen molar-refractivity contribution in [1.82, 2.24) is 19.7 Å². The average molecular weight is 473 g/mol. The third-order valence-corrected chi connectivity index (χ3v) is 5.97. The number of thiazole rings is 1. The minimum absolute atomic E-state index is 0.129. The molecule has 5 aromatic rings. The fraction of sp³-hybridized carbons (Fsp3) is 0.125. The molecule has 0 aliphatic carbocycles. The van der Waals surface area contributed by atoms with Gasteiger partial charge in [-0.1, -0.05) is 12.1 Å². The summed E-state index contributed by atoms with van der Waals surface area (Å²) in [5, 5.41) is 13.1. The molecule has 0 saturated carbocycles. The minimum Gasteiger partial charge on any atom is -0.463 e. The normalized spacial score (nSPS) is 11.0. The number of aryl methyl sites for hydroxylation is 2. The lowest BCUT2D eigenvalue weighted by Crippen LogP contribution is -2.13. The van der Waals surface area contributed by atoms with Crippen molar-refractivity contribution in [3.8, 4) is 22.7 Å². The van der Waals surface area contributed by atoms with Gasteiger partial charge in [0, 0.05) is 30.6 Å². The number of hydrogen-bond acceptors (Lipinski definition) is 7. The van der Waals surface area contributed by atoms with Gasteiger partial charge in [0.1, 0.15) is 5.69 Å². The molecule has 0 aliphatic heterocycles. The Morgan fingerprint density at radius 1 is 1.06 bits per heavy atom. The van der Waals surface area contributed by atoms with Crippen molar-refractivity contribution in [2.24, 2.45) is 7.05 Å². The van der Waals surface area contributed by atoms with Gasteiger partial charge < -0.3 is 9.73 Å². The van der Waals surface area contributed by atoms with E-state index in [1.165, 1.54) is 18.3 Å². The van der Waals surface area contributed by atoms with Crippen molar-refractivity contribution in [1.29, 1.82) is 0 Å². The maximum atomic E-state index is 13.3. The third-order valence-electron chi connectivity index (χ3n) is 5.21. The van der Waals surface area contributed by atoms with Crippen LogP contribution >= 0.6 is 11.3 Å². The Balaban J connectivity index is 1.44. The first-order chi connectivity index (χ1) is 16.4. The Labute approximate surface area is 198 Å². The van der Waals surface area contributed by atoms with Gasteiger partial charge in [0.25, 0.3) is 5.91 Å². The quantitative estimate of drug-likeness (QED) is 0.377. The Bertz CT molecular complexity index is 1520. The Morgan fingerprint density at radius 2 is 1.85 bits per heavy atom. The summed E-state index contributed by atoms with van der Waals surface area (Å²) < 4.78 is 7.15. The van der Waals surface area contributed by atoms with Crippen LogP contribution in [0.3, 0.4) is 0 Å². The van der Waals surface area contributed by atoms with Gasteiger partial charge in [-0.15, -0.1) is 11.3 Å². The van der Waals surface area contributed by atoms with Gasteiger partial charge in [-0.25, -0.2) is 9.97 Å². The van der Waals surface area contributed by atoms with E-state index in [9.17, 15) is 9.59 Å². The lowest BCUT2D eigenvalue weighted by atomic mass is 10.1. The Kier molecular flexibility index (Phi) is 5.42. The molecule has 4 heterocycles. The third kappa shape index (κ3) is 4.06. The maximum absolute atomic E-state index is 13.3. The summed E-state index contributed by atoms with van der Waals surface area (Å²) in [6.45, 7) is 3.31. The molecule has 34 heavy (non-hydrogen) atoms. The lowest BCUT2D eigenvalue weighted by Gasteiger charge is -2.07. The molecule has 5 rings (SSSR count). The molecule has 10 heteroatoms. The van der Waals surface area contributed by atoms with Crippen molar-refractivity contribution in [2.45, 2.75) is 13.8 Å². The molecule has 0 fully saturated rings. The predicted molar refractivity (Wildman–Crippen MR) is 131 cm³/mol. The van der Waals surface area contributed by atoms with Gasteiger partial charge in [-0.2, -0.15) is 5.10 Å². The van der Waals surface area contributed by atoms with Gasteiger partial charge in [0.15, 0.2) is 16.5 Å². The van der Waals surface area contributed by atoms with E-state index in [-0.39, 0.29) is 11.8 Å². The number of aromatic nitrogens is 4. The van der Waals surface area contributed by atoms with Gasteiger partial charge in [-0.05, 0) is 37.3 Å². The van der Waals surface area contributed by atoms with Crippen molar-refractivity contribution in [3.63, 3.8) is 0 Å². The van der Waals surface area contributed by atoms with Crippen LogP contribution in [0.4, 0.5) is 10.8 Å². The number of furan rings is 1. The zero-order chi connectivity index (χ0) is 23.8. The number of benzene rings is 1. The van der Waals surface area contributed by atoms with Crippen molar-refractivity contribution in [3.05, 3.63) is 65.4 Å². The summed E-state index contributed by atoms with van der Waals surface area (Å²) in [6.07, 6.45) is 1.56. The summed E-state index contributed by atoms with van der Waals surface area (Å²) in [6, 6.07) is 12.6. The van der Waals surface area contributed by atoms with Gasteiger partial charge in [0.2, 0.25) is 5.91 Å². The van der Waals surface area contributed by atoms with Crippen LogP contribution in [0, 0.1) is 6.92 Å². The minimum atomic E-state index is -0.307. The summed E-state index contributed by atoms with van der Waals surface area (Å²) in [7, 11) is 1.79. The average Bonchev–Trinajstić information content (AvgIpc) is 3.55. The fourth-order valence-corrected chi connectivity index (χ4v) is 4.44. The molecule has 0 aliphatic rings. The summed E-state index contributed by atoms with van der Waals surface area (Å²) in [4.78, 5) is 33.7. The van der Waals surface area contributed by atoms with Crippen LogP contribution < -0.4 is 10.6 Å². The number of fused-ring (bicyclic) bond motifs is 1. The highest BCUT2D eigenvalue weighted by Gasteiger charge is 2.21. The molecule has 0 atom stereocenters.